The predicted molar refractivity (Wildman–Crippen MR) is 196 cm³/mol. The van der Waals surface area contributed by atoms with Crippen LogP contribution in [-0.4, -0.2) is 4.57 Å². The Hall–Kier alpha value is -5.51. The molecule has 0 atom stereocenters. The summed E-state index contributed by atoms with van der Waals surface area (Å²) in [5.74, 6) is 0. The highest BCUT2D eigenvalue weighted by atomic mass is 32.2. The normalized spacial score (nSPS) is 14.1. The molecule has 0 aliphatic carbocycles. The summed E-state index contributed by atoms with van der Waals surface area (Å²) in [6.07, 6.45) is 0. The van der Waals surface area contributed by atoms with Crippen LogP contribution in [0.25, 0.3) is 27.5 Å². The summed E-state index contributed by atoms with van der Waals surface area (Å²) >= 11 is 1.90. The van der Waals surface area contributed by atoms with E-state index in [1.54, 1.807) is 0 Å². The molecule has 0 N–H and O–H groups in total. The Morgan fingerprint density at radius 2 is 1.09 bits per heavy atom. The third kappa shape index (κ3) is 3.63. The number of hydrogen-bond donors (Lipinski definition) is 0. The number of aromatic nitrogens is 1. The molecule has 0 bridgehead atoms. The fourth-order valence-electron chi connectivity index (χ4n) is 8.23. The second-order valence-corrected chi connectivity index (χ2v) is 13.7. The van der Waals surface area contributed by atoms with Crippen molar-refractivity contribution in [3.63, 3.8) is 0 Å². The summed E-state index contributed by atoms with van der Waals surface area (Å²) in [6.45, 7) is 2.18. The van der Waals surface area contributed by atoms with E-state index in [1.807, 2.05) is 11.8 Å². The van der Waals surface area contributed by atoms with Gasteiger partial charge in [0.25, 0.3) is 0 Å². The van der Waals surface area contributed by atoms with E-state index in [2.05, 4.69) is 180 Å². The lowest BCUT2D eigenvalue weighted by atomic mass is 9.62. The van der Waals surface area contributed by atoms with Crippen LogP contribution in [0.3, 0.4) is 0 Å². The molecule has 8 aromatic rings. The molecule has 0 unspecified atom stereocenters. The minimum Gasteiger partial charge on any atom is -0.310 e. The maximum atomic E-state index is 2.52. The maximum Gasteiger partial charge on any atom is 0.0764 e. The summed E-state index contributed by atoms with van der Waals surface area (Å²) < 4.78 is 2.47. The SMILES string of the molecule is Cc1cccc(-n2c3ccccc3c3cc4c(cc32)C2(c3ccccc3S4)c3ccccc3N(c3ccccc3)c3ccccc32)c1. The van der Waals surface area contributed by atoms with E-state index in [4.69, 9.17) is 0 Å². The van der Waals surface area contributed by atoms with Crippen molar-refractivity contribution in [2.45, 2.75) is 22.1 Å². The van der Waals surface area contributed by atoms with E-state index in [-0.39, 0.29) is 0 Å². The van der Waals surface area contributed by atoms with Crippen LogP contribution in [0.1, 0.15) is 27.8 Å². The van der Waals surface area contributed by atoms with Crippen LogP contribution in [0.5, 0.6) is 0 Å². The van der Waals surface area contributed by atoms with Gasteiger partial charge >= 0.3 is 0 Å². The van der Waals surface area contributed by atoms with Gasteiger partial charge in [-0.1, -0.05) is 115 Å². The highest BCUT2D eigenvalue weighted by Gasteiger charge is 2.50. The molecule has 3 heterocycles. The lowest BCUT2D eigenvalue weighted by Crippen LogP contribution is -2.39. The number of benzene rings is 7. The Morgan fingerprint density at radius 1 is 0.447 bits per heavy atom. The van der Waals surface area contributed by atoms with Crippen molar-refractivity contribution in [1.29, 1.82) is 0 Å². The zero-order valence-electron chi connectivity index (χ0n) is 25.9. The lowest BCUT2D eigenvalue weighted by Gasteiger charge is -2.49. The first-order valence-electron chi connectivity index (χ1n) is 16.2. The van der Waals surface area contributed by atoms with Gasteiger partial charge in [-0.05, 0) is 95.4 Å². The number of para-hydroxylation sites is 4. The largest absolute Gasteiger partial charge is 0.310 e. The highest BCUT2D eigenvalue weighted by molar-refractivity contribution is 7.99. The van der Waals surface area contributed by atoms with Crippen LogP contribution >= 0.6 is 11.8 Å². The first-order valence-corrected chi connectivity index (χ1v) is 17.0. The Morgan fingerprint density at radius 3 is 1.85 bits per heavy atom. The molecule has 1 spiro atoms. The summed E-state index contributed by atoms with van der Waals surface area (Å²) in [6, 6.07) is 60.7. The summed E-state index contributed by atoms with van der Waals surface area (Å²) in [7, 11) is 0. The van der Waals surface area contributed by atoms with E-state index in [1.165, 1.54) is 76.5 Å². The lowest BCUT2D eigenvalue weighted by molar-refractivity contribution is 0.693. The molecule has 0 radical (unpaired) electrons. The second-order valence-electron chi connectivity index (χ2n) is 12.6. The number of nitrogens with zero attached hydrogens (tertiary/aromatic N) is 2. The van der Waals surface area contributed by atoms with E-state index in [9.17, 15) is 0 Å². The average Bonchev–Trinajstić information content (AvgIpc) is 3.44. The van der Waals surface area contributed by atoms with Crippen LogP contribution in [0.4, 0.5) is 17.1 Å². The second kappa shape index (κ2) is 9.99. The van der Waals surface area contributed by atoms with E-state index in [0.717, 1.165) is 5.69 Å². The van der Waals surface area contributed by atoms with Crippen molar-refractivity contribution in [2.24, 2.45) is 0 Å². The van der Waals surface area contributed by atoms with Gasteiger partial charge in [-0.25, -0.2) is 0 Å². The maximum absolute atomic E-state index is 2.52. The molecule has 7 aromatic carbocycles. The van der Waals surface area contributed by atoms with Crippen molar-refractivity contribution < 1.29 is 0 Å². The molecule has 0 saturated carbocycles. The highest BCUT2D eigenvalue weighted by Crippen LogP contribution is 2.63. The average molecular weight is 619 g/mol. The molecule has 2 nitrogen and oxygen atoms in total. The van der Waals surface area contributed by atoms with Crippen molar-refractivity contribution in [1.82, 2.24) is 4.57 Å². The van der Waals surface area contributed by atoms with Crippen LogP contribution in [-0.2, 0) is 5.41 Å². The molecule has 2 aliphatic heterocycles. The quantitative estimate of drug-likeness (QED) is 0.190. The van der Waals surface area contributed by atoms with E-state index in [0.29, 0.717) is 0 Å². The Labute approximate surface area is 278 Å². The molecule has 3 heteroatoms. The summed E-state index contributed by atoms with van der Waals surface area (Å²) in [4.78, 5) is 5.06. The van der Waals surface area contributed by atoms with Gasteiger partial charge in [0.1, 0.15) is 0 Å². The zero-order chi connectivity index (χ0) is 31.1. The molecule has 222 valence electrons. The first kappa shape index (κ1) is 26.7. The van der Waals surface area contributed by atoms with E-state index >= 15 is 0 Å². The molecule has 0 fully saturated rings. The van der Waals surface area contributed by atoms with Gasteiger partial charge in [-0.2, -0.15) is 0 Å². The topological polar surface area (TPSA) is 8.17 Å². The minimum atomic E-state index is -0.516. The van der Waals surface area contributed by atoms with Crippen molar-refractivity contribution in [3.05, 3.63) is 192 Å². The standard InChI is InChI=1S/C44H30N2S/c1-29-14-13-17-31(26-29)46-38-22-9-5-18-32(38)33-27-43-37(28-41(33)46)44(36-21-8-12-25-42(36)47-43)34-19-6-10-23-39(34)45(30-15-3-2-4-16-30)40-24-11-7-20-35(40)44/h2-28H,1H3. The van der Waals surface area contributed by atoms with Crippen molar-refractivity contribution in [3.8, 4) is 5.69 Å². The fourth-order valence-corrected chi connectivity index (χ4v) is 9.44. The van der Waals surface area contributed by atoms with Crippen molar-refractivity contribution >= 4 is 50.6 Å². The molecule has 0 amide bonds. The monoisotopic (exact) mass is 618 g/mol. The third-order valence-corrected chi connectivity index (χ3v) is 11.2. The van der Waals surface area contributed by atoms with Gasteiger partial charge in [0.05, 0.1) is 27.8 Å². The van der Waals surface area contributed by atoms with Crippen molar-refractivity contribution in [2.75, 3.05) is 4.90 Å². The van der Waals surface area contributed by atoms with Gasteiger partial charge < -0.3 is 9.47 Å². The predicted octanol–water partition coefficient (Wildman–Crippen LogP) is 11.7. The van der Waals surface area contributed by atoms with Crippen LogP contribution in [0, 0.1) is 6.92 Å². The molecule has 47 heavy (non-hydrogen) atoms. The van der Waals surface area contributed by atoms with Gasteiger partial charge in [0.2, 0.25) is 0 Å². The Balaban J connectivity index is 1.38. The minimum absolute atomic E-state index is 0.516. The van der Waals surface area contributed by atoms with Crippen LogP contribution in [0.15, 0.2) is 174 Å². The molecular weight excluding hydrogens is 589 g/mol. The van der Waals surface area contributed by atoms with Gasteiger partial charge in [0, 0.05) is 31.9 Å². The third-order valence-electron chi connectivity index (χ3n) is 10.1. The number of hydrogen-bond acceptors (Lipinski definition) is 2. The number of rotatable bonds is 2. The smallest absolute Gasteiger partial charge is 0.0764 e. The number of anilines is 3. The number of fused-ring (bicyclic) bond motifs is 11. The van der Waals surface area contributed by atoms with E-state index < -0.39 is 5.41 Å². The molecular formula is C44H30N2S. The van der Waals surface area contributed by atoms with Crippen LogP contribution in [0.2, 0.25) is 0 Å². The van der Waals surface area contributed by atoms with Crippen LogP contribution < -0.4 is 4.90 Å². The fraction of sp³-hybridized carbons (Fsp3) is 0.0455. The first-order chi connectivity index (χ1) is 23.2. The van der Waals surface area contributed by atoms with Gasteiger partial charge in [-0.3, -0.25) is 0 Å². The molecule has 0 saturated heterocycles. The number of aryl methyl sites for hydroxylation is 1. The molecule has 1 aromatic heterocycles. The zero-order valence-corrected chi connectivity index (χ0v) is 26.7. The Kier molecular flexibility index (Phi) is 5.67. The summed E-state index contributed by atoms with van der Waals surface area (Å²) in [5.41, 5.74) is 13.2. The molecule has 10 rings (SSSR count). The Bertz CT molecular complexity index is 2480. The summed E-state index contributed by atoms with van der Waals surface area (Å²) in [5, 5.41) is 2.56. The molecule has 2 aliphatic rings. The van der Waals surface area contributed by atoms with Gasteiger partial charge in [0.15, 0.2) is 0 Å². The van der Waals surface area contributed by atoms with Gasteiger partial charge in [-0.15, -0.1) is 0 Å².